The standard InChI is InChI=1S/C13H17FN2O5/c1-8(2)15-13(3,12(17)18)7-21-11-9(14)5-4-6-10(11)16(19)20/h4-6,8,15H,7H2,1-3H3,(H,17,18). The quantitative estimate of drug-likeness (QED) is 0.589. The third-order valence-electron chi connectivity index (χ3n) is 2.73. The van der Waals surface area contributed by atoms with Crippen LogP contribution in [0.1, 0.15) is 20.8 Å². The molecule has 0 spiro atoms. The molecule has 0 heterocycles. The van der Waals surface area contributed by atoms with E-state index in [9.17, 15) is 24.4 Å². The van der Waals surface area contributed by atoms with Crippen LogP contribution >= 0.6 is 0 Å². The Bertz CT molecular complexity index is 549. The molecule has 21 heavy (non-hydrogen) atoms. The first kappa shape index (κ1) is 16.8. The summed E-state index contributed by atoms with van der Waals surface area (Å²) in [6.07, 6.45) is 0. The van der Waals surface area contributed by atoms with Crippen LogP contribution in [0.15, 0.2) is 18.2 Å². The van der Waals surface area contributed by atoms with Crippen molar-refractivity contribution in [2.45, 2.75) is 32.4 Å². The Labute approximate surface area is 120 Å². The van der Waals surface area contributed by atoms with E-state index in [0.717, 1.165) is 12.1 Å². The molecule has 1 aromatic carbocycles. The van der Waals surface area contributed by atoms with E-state index in [4.69, 9.17) is 4.74 Å². The summed E-state index contributed by atoms with van der Waals surface area (Å²) in [6.45, 7) is 4.39. The van der Waals surface area contributed by atoms with Crippen LogP contribution in [0.25, 0.3) is 0 Å². The highest BCUT2D eigenvalue weighted by Gasteiger charge is 2.35. The fourth-order valence-corrected chi connectivity index (χ4v) is 1.80. The van der Waals surface area contributed by atoms with E-state index in [2.05, 4.69) is 5.32 Å². The largest absolute Gasteiger partial charge is 0.482 e. The zero-order valence-electron chi connectivity index (χ0n) is 11.9. The Kier molecular flexibility index (Phi) is 5.20. The average Bonchev–Trinajstić information content (AvgIpc) is 2.35. The average molecular weight is 300 g/mol. The first-order valence-corrected chi connectivity index (χ1v) is 6.24. The summed E-state index contributed by atoms with van der Waals surface area (Å²) >= 11 is 0. The van der Waals surface area contributed by atoms with E-state index in [-0.39, 0.29) is 6.04 Å². The highest BCUT2D eigenvalue weighted by Crippen LogP contribution is 2.30. The van der Waals surface area contributed by atoms with Crippen LogP contribution in [0.3, 0.4) is 0 Å². The molecule has 0 fully saturated rings. The number of benzene rings is 1. The van der Waals surface area contributed by atoms with Gasteiger partial charge in [-0.05, 0) is 26.8 Å². The molecule has 7 nitrogen and oxygen atoms in total. The lowest BCUT2D eigenvalue weighted by molar-refractivity contribution is -0.386. The van der Waals surface area contributed by atoms with Gasteiger partial charge in [0.1, 0.15) is 12.1 Å². The molecule has 1 aromatic rings. The number of nitrogens with one attached hydrogen (secondary N) is 1. The first-order chi connectivity index (χ1) is 9.67. The molecular weight excluding hydrogens is 283 g/mol. The molecule has 1 rings (SSSR count). The van der Waals surface area contributed by atoms with Crippen LogP contribution in [0.4, 0.5) is 10.1 Å². The number of rotatable bonds is 7. The molecule has 0 amide bonds. The van der Waals surface area contributed by atoms with Gasteiger partial charge in [-0.15, -0.1) is 0 Å². The van der Waals surface area contributed by atoms with Crippen molar-refractivity contribution in [3.63, 3.8) is 0 Å². The molecule has 0 saturated heterocycles. The third-order valence-corrected chi connectivity index (χ3v) is 2.73. The Balaban J connectivity index is 3.01. The van der Waals surface area contributed by atoms with Crippen molar-refractivity contribution in [2.75, 3.05) is 6.61 Å². The molecule has 2 N–H and O–H groups in total. The summed E-state index contributed by atoms with van der Waals surface area (Å²) < 4.78 is 18.7. The number of hydrogen-bond donors (Lipinski definition) is 2. The van der Waals surface area contributed by atoms with Crippen LogP contribution in [-0.4, -0.2) is 34.2 Å². The molecule has 0 aliphatic heterocycles. The lowest BCUT2D eigenvalue weighted by atomic mass is 10.0. The minimum atomic E-state index is -1.50. The van der Waals surface area contributed by atoms with E-state index in [1.807, 2.05) is 0 Å². The van der Waals surface area contributed by atoms with Crippen molar-refractivity contribution in [3.8, 4) is 5.75 Å². The van der Waals surface area contributed by atoms with Gasteiger partial charge in [0, 0.05) is 12.1 Å². The van der Waals surface area contributed by atoms with Crippen LogP contribution < -0.4 is 10.1 Å². The number of carboxylic acid groups (broad SMARTS) is 1. The zero-order valence-corrected chi connectivity index (χ0v) is 11.9. The van der Waals surface area contributed by atoms with Gasteiger partial charge in [-0.25, -0.2) is 4.39 Å². The summed E-state index contributed by atoms with van der Waals surface area (Å²) in [5.41, 5.74) is -2.04. The Morgan fingerprint density at radius 3 is 2.67 bits per heavy atom. The number of para-hydroxylation sites is 1. The van der Waals surface area contributed by atoms with Gasteiger partial charge in [-0.2, -0.15) is 0 Å². The molecule has 0 aliphatic carbocycles. The number of hydrogen-bond acceptors (Lipinski definition) is 5. The minimum Gasteiger partial charge on any atom is -0.482 e. The Morgan fingerprint density at radius 1 is 1.57 bits per heavy atom. The normalized spacial score (nSPS) is 13.8. The minimum absolute atomic E-state index is 0.162. The van der Waals surface area contributed by atoms with E-state index < -0.39 is 40.3 Å². The zero-order chi connectivity index (χ0) is 16.2. The van der Waals surface area contributed by atoms with Gasteiger partial charge in [-0.3, -0.25) is 20.2 Å². The maximum Gasteiger partial charge on any atom is 0.327 e. The van der Waals surface area contributed by atoms with E-state index in [1.54, 1.807) is 13.8 Å². The topological polar surface area (TPSA) is 102 Å². The summed E-state index contributed by atoms with van der Waals surface area (Å²) in [6, 6.07) is 3.12. The second kappa shape index (κ2) is 6.49. The van der Waals surface area contributed by atoms with Crippen molar-refractivity contribution in [1.29, 1.82) is 0 Å². The van der Waals surface area contributed by atoms with Crippen LogP contribution in [0, 0.1) is 15.9 Å². The Morgan fingerprint density at radius 2 is 2.19 bits per heavy atom. The van der Waals surface area contributed by atoms with Crippen molar-refractivity contribution in [3.05, 3.63) is 34.1 Å². The number of halogens is 1. The molecule has 0 aromatic heterocycles. The number of carboxylic acids is 1. The number of ether oxygens (including phenoxy) is 1. The lowest BCUT2D eigenvalue weighted by Gasteiger charge is -2.28. The molecule has 1 unspecified atom stereocenters. The Hall–Kier alpha value is -2.22. The van der Waals surface area contributed by atoms with Crippen molar-refractivity contribution in [2.24, 2.45) is 0 Å². The number of aliphatic carboxylic acids is 1. The van der Waals surface area contributed by atoms with Crippen molar-refractivity contribution in [1.82, 2.24) is 5.32 Å². The number of carbonyl (C=O) groups is 1. The smallest absolute Gasteiger partial charge is 0.327 e. The highest BCUT2D eigenvalue weighted by atomic mass is 19.1. The maximum absolute atomic E-state index is 13.7. The van der Waals surface area contributed by atoms with Crippen molar-refractivity contribution < 1.29 is 24.0 Å². The summed E-state index contributed by atoms with van der Waals surface area (Å²) in [5.74, 6) is -2.68. The SMILES string of the molecule is CC(C)NC(C)(COc1c(F)cccc1[N+](=O)[O-])C(=O)O. The van der Waals surface area contributed by atoms with Gasteiger partial charge in [0.2, 0.25) is 5.75 Å². The van der Waals surface area contributed by atoms with E-state index >= 15 is 0 Å². The second-order valence-electron chi connectivity index (χ2n) is 5.07. The van der Waals surface area contributed by atoms with Crippen LogP contribution in [0.5, 0.6) is 5.75 Å². The maximum atomic E-state index is 13.7. The molecule has 1 atom stereocenters. The second-order valence-corrected chi connectivity index (χ2v) is 5.07. The fraction of sp³-hybridized carbons (Fsp3) is 0.462. The van der Waals surface area contributed by atoms with Gasteiger partial charge in [-0.1, -0.05) is 6.07 Å². The molecule has 0 saturated carbocycles. The summed E-state index contributed by atoms with van der Waals surface area (Å²) in [5, 5.41) is 22.9. The first-order valence-electron chi connectivity index (χ1n) is 6.24. The molecule has 8 heteroatoms. The number of nitro benzene ring substituents is 1. The predicted molar refractivity (Wildman–Crippen MR) is 72.9 cm³/mol. The predicted octanol–water partition coefficient (Wildman–Crippen LogP) is 1.95. The third kappa shape index (κ3) is 4.12. The van der Waals surface area contributed by atoms with Gasteiger partial charge < -0.3 is 9.84 Å². The van der Waals surface area contributed by atoms with Gasteiger partial charge in [0.05, 0.1) is 4.92 Å². The van der Waals surface area contributed by atoms with Gasteiger partial charge in [0.15, 0.2) is 5.82 Å². The van der Waals surface area contributed by atoms with Crippen molar-refractivity contribution >= 4 is 11.7 Å². The molecule has 0 radical (unpaired) electrons. The van der Waals surface area contributed by atoms with E-state index in [0.29, 0.717) is 0 Å². The summed E-state index contributed by atoms with van der Waals surface area (Å²) in [7, 11) is 0. The molecule has 116 valence electrons. The number of nitrogens with zero attached hydrogens (tertiary/aromatic N) is 1. The molecule has 0 bridgehead atoms. The molecule has 0 aliphatic rings. The van der Waals surface area contributed by atoms with Crippen LogP contribution in [0.2, 0.25) is 0 Å². The summed E-state index contributed by atoms with van der Waals surface area (Å²) in [4.78, 5) is 21.4. The van der Waals surface area contributed by atoms with Gasteiger partial charge >= 0.3 is 11.7 Å². The monoisotopic (exact) mass is 300 g/mol. The fourth-order valence-electron chi connectivity index (χ4n) is 1.80. The number of nitro groups is 1. The highest BCUT2D eigenvalue weighted by molar-refractivity contribution is 5.78. The van der Waals surface area contributed by atoms with E-state index in [1.165, 1.54) is 13.0 Å². The van der Waals surface area contributed by atoms with Crippen LogP contribution in [-0.2, 0) is 4.79 Å². The molecular formula is C13H17FN2O5. The van der Waals surface area contributed by atoms with Gasteiger partial charge in [0.25, 0.3) is 0 Å². The lowest BCUT2D eigenvalue weighted by Crippen LogP contribution is -2.56.